The standard InChI is InChI=1S/C24H28F4O3.C24H30F2O4.C23H26F2O4.C22H25F4O7P/c1-17(29)24(27,28)21-11-7-19(8-12-21)14-23(15-30-3,16-31-4)13-18-5-9-20(10-6-18)22(2,25)26;1-17(27)21-9-5-19(6-10-21)13-23(15-29-3,16-30-4)14-20-7-11-22(12-8-20)24(25,26)18(2)28;1-17(27)23(24,25)21-10-8-19(9-11-21)13-22(15-28-2,16-29-3)12-18-4-6-20(14-26)7-5-18;1-32-13-20(14-33-2,11-15-3-7-17(8-4-15)21(23,24)19(27)28)12-16-5-9-18(10-6-16)22(25,26)34(29,30)31/h5-12H,13-16H2,1-4H3;5-12,17,27H,13-16H2,1-4H3;4-11,14H,12-13,15-16H2,1-3H3;3-10H,11-14H2,1-2H3,(H,27,28)(H2,29,30,31). The maximum Gasteiger partial charge on any atom is 0.399 e. The second kappa shape index (κ2) is 46.4. The average molecular weight is 1770 g/mol. The Bertz CT molecular complexity index is 4670. The molecule has 678 valence electrons. The van der Waals surface area contributed by atoms with Gasteiger partial charge in [-0.15, -0.1) is 0 Å². The van der Waals surface area contributed by atoms with Gasteiger partial charge in [-0.2, -0.15) is 43.9 Å². The number of hydrogen-bond acceptors (Lipinski definition) is 15. The van der Waals surface area contributed by atoms with Gasteiger partial charge in [-0.1, -0.05) is 194 Å². The number of aliphatic hydroxyl groups is 1. The Hall–Kier alpha value is -9.14. The van der Waals surface area contributed by atoms with E-state index in [-0.39, 0.29) is 48.3 Å². The number of aliphatic hydroxyl groups excluding tert-OH is 1. The maximum atomic E-state index is 14.0. The minimum absolute atomic E-state index is 0.0673. The molecule has 0 heterocycles. The van der Waals surface area contributed by atoms with Gasteiger partial charge in [0.15, 0.2) is 0 Å². The Morgan fingerprint density at radius 3 is 0.685 bits per heavy atom. The Labute approximate surface area is 715 Å². The van der Waals surface area contributed by atoms with E-state index in [1.807, 2.05) is 36.4 Å². The first kappa shape index (κ1) is 105. The van der Waals surface area contributed by atoms with Crippen LogP contribution in [-0.4, -0.2) is 159 Å². The molecule has 8 aromatic rings. The summed E-state index contributed by atoms with van der Waals surface area (Å²) in [6.45, 7) is 7.77. The van der Waals surface area contributed by atoms with Crippen LogP contribution in [0.2, 0.25) is 0 Å². The summed E-state index contributed by atoms with van der Waals surface area (Å²) in [6.07, 6.45) is 4.06. The van der Waals surface area contributed by atoms with Gasteiger partial charge < -0.3 is 57.9 Å². The number of rotatable bonds is 45. The molecule has 0 aliphatic rings. The smallest absolute Gasteiger partial charge is 0.399 e. The third-order valence-electron chi connectivity index (χ3n) is 20.8. The minimum atomic E-state index is -5.70. The van der Waals surface area contributed by atoms with Crippen molar-refractivity contribution in [3.8, 4) is 0 Å². The number of hydrogen-bond donors (Lipinski definition) is 4. The van der Waals surface area contributed by atoms with Crippen molar-refractivity contribution in [1.82, 2.24) is 0 Å². The largest absolute Gasteiger partial charge is 0.477 e. The summed E-state index contributed by atoms with van der Waals surface area (Å²) in [6, 6.07) is 47.7. The van der Waals surface area contributed by atoms with Crippen molar-refractivity contribution in [3.63, 3.8) is 0 Å². The molecule has 0 fully saturated rings. The van der Waals surface area contributed by atoms with Crippen molar-refractivity contribution in [2.24, 2.45) is 21.7 Å². The molecule has 1 atom stereocenters. The number of aliphatic carboxylic acids is 1. The lowest BCUT2D eigenvalue weighted by Crippen LogP contribution is -2.36. The van der Waals surface area contributed by atoms with Crippen molar-refractivity contribution < 1.29 is 139 Å². The number of ketones is 3. The third kappa shape index (κ3) is 29.8. The Kier molecular flexibility index (Phi) is 39.4. The molecule has 1 unspecified atom stereocenters. The molecule has 18 nitrogen and oxygen atoms in total. The van der Waals surface area contributed by atoms with Crippen molar-refractivity contribution in [1.29, 1.82) is 0 Å². The van der Waals surface area contributed by atoms with E-state index >= 15 is 0 Å². The maximum absolute atomic E-state index is 14.0. The fourth-order valence-corrected chi connectivity index (χ4v) is 15.2. The number of alkyl halides is 12. The zero-order valence-corrected chi connectivity index (χ0v) is 72.3. The number of carboxylic acids is 1. The van der Waals surface area contributed by atoms with Crippen molar-refractivity contribution in [3.05, 3.63) is 283 Å². The van der Waals surface area contributed by atoms with Crippen LogP contribution in [0.3, 0.4) is 0 Å². The van der Waals surface area contributed by atoms with Crippen LogP contribution < -0.4 is 0 Å². The van der Waals surface area contributed by atoms with Crippen LogP contribution in [0.25, 0.3) is 0 Å². The van der Waals surface area contributed by atoms with E-state index in [0.717, 1.165) is 97.2 Å². The lowest BCUT2D eigenvalue weighted by molar-refractivity contribution is -0.166. The van der Waals surface area contributed by atoms with E-state index < -0.39 is 105 Å². The second-order valence-corrected chi connectivity index (χ2v) is 33.2. The van der Waals surface area contributed by atoms with Gasteiger partial charge in [0.1, 0.15) is 6.29 Å². The van der Waals surface area contributed by atoms with Crippen molar-refractivity contribution >= 4 is 37.2 Å². The highest BCUT2D eigenvalue weighted by Gasteiger charge is 2.51. The first-order valence-corrected chi connectivity index (χ1v) is 40.5. The van der Waals surface area contributed by atoms with Gasteiger partial charge in [0.05, 0.1) is 59.0 Å². The van der Waals surface area contributed by atoms with E-state index in [0.29, 0.717) is 94.9 Å². The highest BCUT2D eigenvalue weighted by molar-refractivity contribution is 7.52. The molecule has 0 aliphatic heterocycles. The Morgan fingerprint density at radius 2 is 0.516 bits per heavy atom. The molecule has 124 heavy (non-hydrogen) atoms. The number of methoxy groups -OCH3 is 8. The molecular weight excluding hydrogens is 1660 g/mol. The molecule has 0 aliphatic carbocycles. The van der Waals surface area contributed by atoms with Gasteiger partial charge in [0, 0.05) is 145 Å². The lowest BCUT2D eigenvalue weighted by Gasteiger charge is -2.33. The number of carbonyl (C=O) groups is 5. The number of carboxylic acid groups (broad SMARTS) is 1. The third-order valence-corrected chi connectivity index (χ3v) is 21.8. The summed E-state index contributed by atoms with van der Waals surface area (Å²) < 4.78 is 221. The summed E-state index contributed by atoms with van der Waals surface area (Å²) in [5, 5.41) is 18.4. The van der Waals surface area contributed by atoms with Crippen LogP contribution in [0.1, 0.15) is 135 Å². The summed E-state index contributed by atoms with van der Waals surface area (Å²) in [7, 11) is 6.77. The molecular formula is C93H109F12O18P. The molecule has 4 N–H and O–H groups in total. The van der Waals surface area contributed by atoms with Gasteiger partial charge in [-0.3, -0.25) is 23.7 Å². The summed E-state index contributed by atoms with van der Waals surface area (Å²) in [4.78, 5) is 73.1. The number of ether oxygens (including phenoxy) is 8. The molecule has 0 bridgehead atoms. The fraction of sp³-hybridized carbons (Fsp3) is 0.430. The van der Waals surface area contributed by atoms with E-state index in [2.05, 4.69) is 0 Å². The van der Waals surface area contributed by atoms with Crippen LogP contribution in [0.5, 0.6) is 0 Å². The molecule has 8 rings (SSSR count). The van der Waals surface area contributed by atoms with Crippen LogP contribution in [0.15, 0.2) is 194 Å². The van der Waals surface area contributed by atoms with Crippen LogP contribution in [0.4, 0.5) is 52.7 Å². The second-order valence-electron chi connectivity index (χ2n) is 31.6. The predicted octanol–water partition coefficient (Wildman–Crippen LogP) is 18.4. The zero-order chi connectivity index (χ0) is 92.9. The minimum Gasteiger partial charge on any atom is -0.477 e. The lowest BCUT2D eigenvalue weighted by atomic mass is 9.77. The molecule has 31 heteroatoms. The molecule has 8 aromatic carbocycles. The van der Waals surface area contributed by atoms with Gasteiger partial charge in [0.2, 0.25) is 17.3 Å². The first-order valence-electron chi connectivity index (χ1n) is 38.9. The molecule has 0 amide bonds. The number of Topliss-reactive ketones (excluding diaryl/α,β-unsaturated/α-hetero) is 3. The van der Waals surface area contributed by atoms with Gasteiger partial charge in [0.25, 0.3) is 5.92 Å². The number of carbonyl (C=O) groups excluding carboxylic acids is 4. The van der Waals surface area contributed by atoms with E-state index in [1.165, 1.54) is 87.0 Å². The van der Waals surface area contributed by atoms with E-state index in [1.54, 1.807) is 110 Å². The predicted molar refractivity (Wildman–Crippen MR) is 443 cm³/mol. The van der Waals surface area contributed by atoms with Gasteiger partial charge >= 0.3 is 42.9 Å². The number of halogens is 12. The fourth-order valence-electron chi connectivity index (χ4n) is 14.7. The van der Waals surface area contributed by atoms with Crippen LogP contribution in [-0.2, 0) is 148 Å². The Morgan fingerprint density at radius 1 is 0.331 bits per heavy atom. The highest BCUT2D eigenvalue weighted by atomic mass is 31.2. The summed E-state index contributed by atoms with van der Waals surface area (Å²) in [5.74, 6) is -23.3. The monoisotopic (exact) mass is 1770 g/mol. The summed E-state index contributed by atoms with van der Waals surface area (Å²) >= 11 is 0. The highest BCUT2D eigenvalue weighted by Crippen LogP contribution is 2.59. The van der Waals surface area contributed by atoms with Crippen molar-refractivity contribution in [2.75, 3.05) is 110 Å². The zero-order valence-electron chi connectivity index (χ0n) is 71.4. The topological polar surface area (TPSA) is 257 Å². The molecule has 0 saturated heterocycles. The first-order chi connectivity index (χ1) is 58.0. The molecule has 0 radical (unpaired) electrons. The molecule has 0 spiro atoms. The van der Waals surface area contributed by atoms with Crippen LogP contribution in [0, 0.1) is 21.7 Å². The molecule has 0 saturated carbocycles. The summed E-state index contributed by atoms with van der Waals surface area (Å²) in [5.41, 5.74) is -1.05. The van der Waals surface area contributed by atoms with E-state index in [9.17, 15) is 86.3 Å². The SMILES string of the molecule is COCC(COC)(Cc1ccc(C(C)(F)F)cc1)Cc1ccc(C(F)(F)C(C)=O)cc1.COCC(COC)(Cc1ccc(C(C)O)cc1)Cc1ccc(C(F)(F)C(C)=O)cc1.COCC(COC)(Cc1ccc(C(F)(F)C(=O)O)cc1)Cc1ccc(C(F)(F)P(=O)(O)O)cc1.COCC(COC)(Cc1ccc(C=O)cc1)Cc1ccc(C(F)(F)C(C)=O)cc1. The van der Waals surface area contributed by atoms with Gasteiger partial charge in [-0.25, -0.2) is 13.6 Å². The van der Waals surface area contributed by atoms with Crippen LogP contribution >= 0.6 is 7.60 Å². The molecule has 0 aromatic heterocycles. The number of aldehydes is 1. The number of benzene rings is 8. The quantitative estimate of drug-likeness (QED) is 0.0157. The average Bonchev–Trinajstić information content (AvgIpc) is 0.785. The van der Waals surface area contributed by atoms with E-state index in [4.69, 9.17) is 52.8 Å². The van der Waals surface area contributed by atoms with Crippen molar-refractivity contribution in [2.45, 2.75) is 127 Å². The normalized spacial score (nSPS) is 12.8. The van der Waals surface area contributed by atoms with Gasteiger partial charge in [-0.05, 0) is 108 Å². The Balaban J connectivity index is 0.000000294.